The van der Waals surface area contributed by atoms with E-state index in [1.807, 2.05) is 42.5 Å². The number of hydrogen-bond donors (Lipinski definition) is 1. The SMILES string of the molecule is CC1CCOC1C(O)c1ccc2oc3ccccc3c2c1. The average molecular weight is 282 g/mol. The van der Waals surface area contributed by atoms with Crippen molar-refractivity contribution in [2.24, 2.45) is 5.92 Å². The minimum absolute atomic E-state index is 0.111. The lowest BCUT2D eigenvalue weighted by Crippen LogP contribution is -2.22. The summed E-state index contributed by atoms with van der Waals surface area (Å²) < 4.78 is 11.5. The largest absolute Gasteiger partial charge is 0.456 e. The van der Waals surface area contributed by atoms with Crippen LogP contribution >= 0.6 is 0 Å². The Kier molecular flexibility index (Phi) is 2.98. The maximum atomic E-state index is 10.6. The zero-order valence-corrected chi connectivity index (χ0v) is 12.0. The molecule has 0 radical (unpaired) electrons. The van der Waals surface area contributed by atoms with E-state index in [2.05, 4.69) is 6.92 Å². The molecule has 4 rings (SSSR count). The van der Waals surface area contributed by atoms with E-state index in [1.165, 1.54) is 0 Å². The van der Waals surface area contributed by atoms with Gasteiger partial charge in [-0.25, -0.2) is 0 Å². The van der Waals surface area contributed by atoms with Crippen LogP contribution in [-0.4, -0.2) is 17.8 Å². The Morgan fingerprint density at radius 3 is 2.71 bits per heavy atom. The number of hydrogen-bond acceptors (Lipinski definition) is 3. The van der Waals surface area contributed by atoms with Gasteiger partial charge in [-0.05, 0) is 36.1 Å². The van der Waals surface area contributed by atoms with E-state index < -0.39 is 6.10 Å². The molecule has 1 aliphatic heterocycles. The fraction of sp³-hybridized carbons (Fsp3) is 0.333. The minimum atomic E-state index is -0.583. The molecule has 0 aliphatic carbocycles. The Hall–Kier alpha value is -1.84. The van der Waals surface area contributed by atoms with Crippen molar-refractivity contribution in [3.63, 3.8) is 0 Å². The normalized spacial score (nSPS) is 23.9. The van der Waals surface area contributed by atoms with Crippen LogP contribution in [0.3, 0.4) is 0 Å². The standard InChI is InChI=1S/C18H18O3/c1-11-8-9-20-18(11)17(19)12-6-7-16-14(10-12)13-4-2-3-5-15(13)21-16/h2-7,10-11,17-19H,8-9H2,1H3. The number of benzene rings is 2. The van der Waals surface area contributed by atoms with Crippen molar-refractivity contribution >= 4 is 21.9 Å². The monoisotopic (exact) mass is 282 g/mol. The van der Waals surface area contributed by atoms with E-state index in [0.29, 0.717) is 5.92 Å². The van der Waals surface area contributed by atoms with Crippen molar-refractivity contribution in [2.45, 2.75) is 25.6 Å². The highest BCUT2D eigenvalue weighted by Crippen LogP contribution is 2.35. The zero-order valence-electron chi connectivity index (χ0n) is 12.0. The van der Waals surface area contributed by atoms with Gasteiger partial charge in [-0.3, -0.25) is 0 Å². The maximum absolute atomic E-state index is 10.6. The highest BCUT2D eigenvalue weighted by atomic mass is 16.5. The zero-order chi connectivity index (χ0) is 14.4. The third-order valence-electron chi connectivity index (χ3n) is 4.50. The number of rotatable bonds is 2. The maximum Gasteiger partial charge on any atom is 0.135 e. The molecule has 3 aromatic rings. The molecule has 21 heavy (non-hydrogen) atoms. The van der Waals surface area contributed by atoms with Crippen LogP contribution in [0.15, 0.2) is 46.9 Å². The average Bonchev–Trinajstić information content (AvgIpc) is 3.09. The third kappa shape index (κ3) is 2.04. The topological polar surface area (TPSA) is 42.6 Å². The predicted molar refractivity (Wildman–Crippen MR) is 82.2 cm³/mol. The molecule has 3 heteroatoms. The fourth-order valence-corrected chi connectivity index (χ4v) is 3.24. The molecule has 3 atom stereocenters. The Morgan fingerprint density at radius 1 is 1.10 bits per heavy atom. The van der Waals surface area contributed by atoms with E-state index in [9.17, 15) is 5.11 Å². The smallest absolute Gasteiger partial charge is 0.135 e. The van der Waals surface area contributed by atoms with Gasteiger partial charge in [0.25, 0.3) is 0 Å². The highest BCUT2D eigenvalue weighted by molar-refractivity contribution is 6.05. The van der Waals surface area contributed by atoms with Gasteiger partial charge < -0.3 is 14.3 Å². The summed E-state index contributed by atoms with van der Waals surface area (Å²) in [7, 11) is 0. The quantitative estimate of drug-likeness (QED) is 0.771. The molecule has 1 aromatic heterocycles. The lowest BCUT2D eigenvalue weighted by Gasteiger charge is -2.21. The molecule has 108 valence electrons. The van der Waals surface area contributed by atoms with Crippen molar-refractivity contribution in [2.75, 3.05) is 6.61 Å². The number of fused-ring (bicyclic) bond motifs is 3. The molecule has 1 aliphatic rings. The fourth-order valence-electron chi connectivity index (χ4n) is 3.24. The Balaban J connectivity index is 1.80. The van der Waals surface area contributed by atoms with Crippen LogP contribution in [0.4, 0.5) is 0 Å². The summed E-state index contributed by atoms with van der Waals surface area (Å²) in [5.74, 6) is 0.386. The van der Waals surface area contributed by atoms with Crippen molar-refractivity contribution in [3.8, 4) is 0 Å². The summed E-state index contributed by atoms with van der Waals surface area (Å²) in [5.41, 5.74) is 2.63. The molecule has 1 fully saturated rings. The van der Waals surface area contributed by atoms with Crippen LogP contribution in [0.25, 0.3) is 21.9 Å². The van der Waals surface area contributed by atoms with Gasteiger partial charge in [0, 0.05) is 17.4 Å². The van der Waals surface area contributed by atoms with E-state index in [1.54, 1.807) is 0 Å². The number of furan rings is 1. The number of para-hydroxylation sites is 1. The molecule has 1 saturated heterocycles. The summed E-state index contributed by atoms with van der Waals surface area (Å²) in [6, 6.07) is 13.9. The summed E-state index contributed by atoms with van der Waals surface area (Å²) >= 11 is 0. The van der Waals surface area contributed by atoms with Crippen molar-refractivity contribution in [1.29, 1.82) is 0 Å². The first-order chi connectivity index (χ1) is 10.2. The molecule has 3 unspecified atom stereocenters. The molecule has 2 heterocycles. The van der Waals surface area contributed by atoms with Crippen LogP contribution in [0.1, 0.15) is 25.0 Å². The second kappa shape index (κ2) is 4.86. The molecule has 0 bridgehead atoms. The highest BCUT2D eigenvalue weighted by Gasteiger charge is 2.32. The second-order valence-electron chi connectivity index (χ2n) is 5.90. The van der Waals surface area contributed by atoms with Crippen LogP contribution in [0.5, 0.6) is 0 Å². The van der Waals surface area contributed by atoms with Crippen LogP contribution in [0, 0.1) is 5.92 Å². The van der Waals surface area contributed by atoms with E-state index in [0.717, 1.165) is 40.5 Å². The summed E-state index contributed by atoms with van der Waals surface area (Å²) in [6.45, 7) is 2.87. The minimum Gasteiger partial charge on any atom is -0.456 e. The number of ether oxygens (including phenoxy) is 1. The van der Waals surface area contributed by atoms with Crippen LogP contribution in [0.2, 0.25) is 0 Å². The van der Waals surface area contributed by atoms with Gasteiger partial charge >= 0.3 is 0 Å². The molecule has 1 N–H and O–H groups in total. The molecule has 0 amide bonds. The number of aliphatic hydroxyl groups is 1. The molecule has 3 nitrogen and oxygen atoms in total. The first-order valence-electron chi connectivity index (χ1n) is 7.45. The second-order valence-corrected chi connectivity index (χ2v) is 5.90. The predicted octanol–water partition coefficient (Wildman–Crippen LogP) is 4.04. The van der Waals surface area contributed by atoms with Crippen molar-refractivity contribution in [1.82, 2.24) is 0 Å². The Labute approximate surface area is 123 Å². The first-order valence-corrected chi connectivity index (χ1v) is 7.45. The first kappa shape index (κ1) is 12.9. The van der Waals surface area contributed by atoms with Gasteiger partial charge in [-0.2, -0.15) is 0 Å². The van der Waals surface area contributed by atoms with E-state index >= 15 is 0 Å². The van der Waals surface area contributed by atoms with Gasteiger partial charge in [-0.1, -0.05) is 31.2 Å². The summed E-state index contributed by atoms with van der Waals surface area (Å²) in [6.07, 6.45) is 0.319. The molecular formula is C18H18O3. The van der Waals surface area contributed by atoms with Crippen molar-refractivity contribution < 1.29 is 14.3 Å². The lowest BCUT2D eigenvalue weighted by molar-refractivity contribution is -0.0177. The molecule has 0 saturated carbocycles. The van der Waals surface area contributed by atoms with Gasteiger partial charge in [0.1, 0.15) is 17.3 Å². The molecular weight excluding hydrogens is 264 g/mol. The lowest BCUT2D eigenvalue weighted by atomic mass is 9.94. The van der Waals surface area contributed by atoms with Crippen LogP contribution in [-0.2, 0) is 4.74 Å². The van der Waals surface area contributed by atoms with Gasteiger partial charge in [0.2, 0.25) is 0 Å². The Bertz CT molecular complexity index is 789. The van der Waals surface area contributed by atoms with Crippen molar-refractivity contribution in [3.05, 3.63) is 48.0 Å². The van der Waals surface area contributed by atoms with Crippen LogP contribution < -0.4 is 0 Å². The van der Waals surface area contributed by atoms with Gasteiger partial charge in [-0.15, -0.1) is 0 Å². The van der Waals surface area contributed by atoms with E-state index in [4.69, 9.17) is 9.15 Å². The molecule has 2 aromatic carbocycles. The Morgan fingerprint density at radius 2 is 1.90 bits per heavy atom. The third-order valence-corrected chi connectivity index (χ3v) is 4.50. The van der Waals surface area contributed by atoms with E-state index in [-0.39, 0.29) is 6.10 Å². The van der Waals surface area contributed by atoms with Gasteiger partial charge in [0.15, 0.2) is 0 Å². The summed E-state index contributed by atoms with van der Waals surface area (Å²) in [4.78, 5) is 0. The summed E-state index contributed by atoms with van der Waals surface area (Å²) in [5, 5.41) is 12.7. The number of aliphatic hydroxyl groups excluding tert-OH is 1. The molecule has 0 spiro atoms. The van der Waals surface area contributed by atoms with Gasteiger partial charge in [0.05, 0.1) is 6.10 Å².